The Hall–Kier alpha value is -1.73. The van der Waals surface area contributed by atoms with Crippen LogP contribution in [0.4, 0.5) is 5.82 Å². The minimum atomic E-state index is 0.509. The van der Waals surface area contributed by atoms with Crippen molar-refractivity contribution < 1.29 is 0 Å². The molecule has 0 saturated heterocycles. The first-order chi connectivity index (χ1) is 8.47. The molecule has 1 aromatic heterocycles. The summed E-state index contributed by atoms with van der Waals surface area (Å²) in [5.74, 6) is 0.509. The summed E-state index contributed by atoms with van der Waals surface area (Å²) in [5.41, 5.74) is 10.7. The van der Waals surface area contributed by atoms with Crippen molar-refractivity contribution in [3.8, 4) is 11.8 Å². The standard InChI is InChI=1S/C14H14BrN3/c1-8-6-11(4-5-13(8)15)18-10(3)9(2)12(7-16)14(18)17/h4-6H,17H2,1-3H3. The van der Waals surface area contributed by atoms with Crippen LogP contribution >= 0.6 is 15.9 Å². The minimum Gasteiger partial charge on any atom is -0.384 e. The first kappa shape index (κ1) is 12.7. The van der Waals surface area contributed by atoms with Crippen molar-refractivity contribution >= 4 is 21.7 Å². The lowest BCUT2D eigenvalue weighted by molar-refractivity contribution is 1.01. The summed E-state index contributed by atoms with van der Waals surface area (Å²) in [5, 5.41) is 9.13. The Morgan fingerprint density at radius 1 is 1.28 bits per heavy atom. The van der Waals surface area contributed by atoms with Crippen molar-refractivity contribution in [1.82, 2.24) is 4.57 Å². The fourth-order valence-corrected chi connectivity index (χ4v) is 2.32. The van der Waals surface area contributed by atoms with Crippen LogP contribution in [0, 0.1) is 32.1 Å². The number of halogens is 1. The van der Waals surface area contributed by atoms with Gasteiger partial charge in [-0.15, -0.1) is 0 Å². The van der Waals surface area contributed by atoms with Gasteiger partial charge in [0.05, 0.1) is 5.56 Å². The van der Waals surface area contributed by atoms with E-state index in [1.165, 1.54) is 0 Å². The molecule has 2 N–H and O–H groups in total. The number of aryl methyl sites for hydroxylation is 1. The monoisotopic (exact) mass is 303 g/mol. The molecule has 0 aliphatic rings. The van der Waals surface area contributed by atoms with Crippen molar-refractivity contribution in [2.75, 3.05) is 5.73 Å². The molecule has 0 radical (unpaired) electrons. The van der Waals surface area contributed by atoms with E-state index < -0.39 is 0 Å². The number of hydrogen-bond acceptors (Lipinski definition) is 2. The molecular formula is C14H14BrN3. The lowest BCUT2D eigenvalue weighted by Gasteiger charge is -2.10. The van der Waals surface area contributed by atoms with Gasteiger partial charge in [0.1, 0.15) is 11.9 Å². The molecule has 2 rings (SSSR count). The molecule has 2 aromatic rings. The maximum Gasteiger partial charge on any atom is 0.126 e. The zero-order valence-electron chi connectivity index (χ0n) is 10.6. The average molecular weight is 304 g/mol. The average Bonchev–Trinajstić information content (AvgIpc) is 2.54. The summed E-state index contributed by atoms with van der Waals surface area (Å²) in [6, 6.07) is 8.19. The zero-order valence-corrected chi connectivity index (χ0v) is 12.2. The molecule has 0 unspecified atom stereocenters. The summed E-state index contributed by atoms with van der Waals surface area (Å²) in [7, 11) is 0. The fraction of sp³-hybridized carbons (Fsp3) is 0.214. The van der Waals surface area contributed by atoms with Crippen LogP contribution in [-0.4, -0.2) is 4.57 Å². The minimum absolute atomic E-state index is 0.509. The number of aromatic nitrogens is 1. The normalized spacial score (nSPS) is 10.4. The van der Waals surface area contributed by atoms with Crippen molar-refractivity contribution in [1.29, 1.82) is 5.26 Å². The molecular weight excluding hydrogens is 290 g/mol. The quantitative estimate of drug-likeness (QED) is 0.875. The largest absolute Gasteiger partial charge is 0.384 e. The SMILES string of the molecule is Cc1cc(-n2c(C)c(C)c(C#N)c2N)ccc1Br. The maximum atomic E-state index is 9.13. The van der Waals surface area contributed by atoms with Gasteiger partial charge in [0.2, 0.25) is 0 Å². The van der Waals surface area contributed by atoms with Gasteiger partial charge in [-0.2, -0.15) is 5.26 Å². The number of rotatable bonds is 1. The molecule has 18 heavy (non-hydrogen) atoms. The predicted molar refractivity (Wildman–Crippen MR) is 76.8 cm³/mol. The molecule has 4 heteroatoms. The Labute approximate surface area is 115 Å². The number of benzene rings is 1. The molecule has 1 heterocycles. The van der Waals surface area contributed by atoms with Gasteiger partial charge in [0.25, 0.3) is 0 Å². The Balaban J connectivity index is 2.72. The summed E-state index contributed by atoms with van der Waals surface area (Å²) in [6.45, 7) is 5.93. The molecule has 3 nitrogen and oxygen atoms in total. The van der Waals surface area contributed by atoms with Crippen LogP contribution in [0.2, 0.25) is 0 Å². The third-order valence-electron chi connectivity index (χ3n) is 3.26. The van der Waals surface area contributed by atoms with E-state index in [1.807, 2.05) is 43.5 Å². The fourth-order valence-electron chi connectivity index (χ4n) is 2.08. The van der Waals surface area contributed by atoms with Crippen LogP contribution in [0.3, 0.4) is 0 Å². The third-order valence-corrected chi connectivity index (χ3v) is 4.15. The second-order valence-electron chi connectivity index (χ2n) is 4.35. The number of anilines is 1. The second kappa shape index (κ2) is 4.51. The number of nitrogens with zero attached hydrogens (tertiary/aromatic N) is 2. The van der Waals surface area contributed by atoms with Crippen LogP contribution in [0.1, 0.15) is 22.4 Å². The first-order valence-electron chi connectivity index (χ1n) is 5.61. The Morgan fingerprint density at radius 3 is 2.44 bits per heavy atom. The molecule has 0 atom stereocenters. The topological polar surface area (TPSA) is 54.7 Å². The molecule has 0 aliphatic heterocycles. The number of nitrogen functional groups attached to an aromatic ring is 1. The van der Waals surface area contributed by atoms with Crippen LogP contribution in [-0.2, 0) is 0 Å². The highest BCUT2D eigenvalue weighted by atomic mass is 79.9. The molecule has 0 spiro atoms. The van der Waals surface area contributed by atoms with Gasteiger partial charge in [0, 0.05) is 15.9 Å². The molecule has 1 aromatic carbocycles. The molecule has 0 amide bonds. The van der Waals surface area contributed by atoms with Crippen LogP contribution in [0.5, 0.6) is 0 Å². The van der Waals surface area contributed by atoms with E-state index in [4.69, 9.17) is 11.0 Å². The Bertz CT molecular complexity index is 663. The van der Waals surface area contributed by atoms with Gasteiger partial charge >= 0.3 is 0 Å². The first-order valence-corrected chi connectivity index (χ1v) is 6.40. The number of nitriles is 1. The summed E-state index contributed by atoms with van der Waals surface area (Å²) in [4.78, 5) is 0. The molecule has 92 valence electrons. The smallest absolute Gasteiger partial charge is 0.126 e. The van der Waals surface area contributed by atoms with E-state index in [-0.39, 0.29) is 0 Å². The van der Waals surface area contributed by atoms with E-state index in [0.29, 0.717) is 11.4 Å². The van der Waals surface area contributed by atoms with E-state index in [0.717, 1.165) is 27.0 Å². The van der Waals surface area contributed by atoms with Crippen LogP contribution in [0.15, 0.2) is 22.7 Å². The highest BCUT2D eigenvalue weighted by Gasteiger charge is 2.16. The summed E-state index contributed by atoms with van der Waals surface area (Å²) >= 11 is 3.48. The van der Waals surface area contributed by atoms with Gasteiger partial charge in [-0.1, -0.05) is 15.9 Å². The number of hydrogen-bond donors (Lipinski definition) is 1. The molecule has 0 saturated carbocycles. The van der Waals surface area contributed by atoms with E-state index in [1.54, 1.807) is 0 Å². The van der Waals surface area contributed by atoms with Gasteiger partial charge in [0.15, 0.2) is 0 Å². The van der Waals surface area contributed by atoms with Gasteiger partial charge < -0.3 is 5.73 Å². The maximum absolute atomic E-state index is 9.13. The van der Waals surface area contributed by atoms with Crippen LogP contribution < -0.4 is 5.73 Å². The zero-order chi connectivity index (χ0) is 13.4. The summed E-state index contributed by atoms with van der Waals surface area (Å²) in [6.07, 6.45) is 0. The molecule has 0 aliphatic carbocycles. The van der Waals surface area contributed by atoms with Crippen LogP contribution in [0.25, 0.3) is 5.69 Å². The summed E-state index contributed by atoms with van der Waals surface area (Å²) < 4.78 is 2.99. The Morgan fingerprint density at radius 2 is 1.94 bits per heavy atom. The third kappa shape index (κ3) is 1.81. The van der Waals surface area contributed by atoms with E-state index in [2.05, 4.69) is 22.0 Å². The second-order valence-corrected chi connectivity index (χ2v) is 5.21. The molecule has 0 fully saturated rings. The van der Waals surface area contributed by atoms with E-state index >= 15 is 0 Å². The Kier molecular flexibility index (Phi) is 3.18. The predicted octanol–water partition coefficient (Wildman–Crippen LogP) is 3.62. The lowest BCUT2D eigenvalue weighted by Crippen LogP contribution is -2.02. The van der Waals surface area contributed by atoms with Crippen molar-refractivity contribution in [2.45, 2.75) is 20.8 Å². The van der Waals surface area contributed by atoms with Crippen molar-refractivity contribution in [3.05, 3.63) is 45.1 Å². The van der Waals surface area contributed by atoms with Gasteiger partial charge in [-0.25, -0.2) is 0 Å². The van der Waals surface area contributed by atoms with Crippen molar-refractivity contribution in [3.63, 3.8) is 0 Å². The van der Waals surface area contributed by atoms with Crippen molar-refractivity contribution in [2.24, 2.45) is 0 Å². The highest BCUT2D eigenvalue weighted by Crippen LogP contribution is 2.29. The molecule has 0 bridgehead atoms. The lowest BCUT2D eigenvalue weighted by atomic mass is 10.2. The highest BCUT2D eigenvalue weighted by molar-refractivity contribution is 9.10. The number of nitrogens with two attached hydrogens (primary N) is 1. The van der Waals surface area contributed by atoms with E-state index in [9.17, 15) is 0 Å². The van der Waals surface area contributed by atoms with Gasteiger partial charge in [-0.3, -0.25) is 4.57 Å². The van der Waals surface area contributed by atoms with Gasteiger partial charge in [-0.05, 0) is 50.1 Å².